The van der Waals surface area contributed by atoms with E-state index in [2.05, 4.69) is 16.3 Å². The molecular weight excluding hydrogens is 170 g/mol. The van der Waals surface area contributed by atoms with Gasteiger partial charge in [0.05, 0.1) is 0 Å². The molecule has 0 amide bonds. The smallest absolute Gasteiger partial charge is 0.120 e. The van der Waals surface area contributed by atoms with E-state index < -0.39 is 0 Å². The zero-order chi connectivity index (χ0) is 7.11. The van der Waals surface area contributed by atoms with Crippen molar-refractivity contribution >= 4 is 39.5 Å². The van der Waals surface area contributed by atoms with Crippen LogP contribution in [0, 0.1) is 0 Å². The van der Waals surface area contributed by atoms with Gasteiger partial charge in [0.15, 0.2) is 0 Å². The Balaban J connectivity index is 2.88. The number of hydrogen-bond acceptors (Lipinski definition) is 0. The molecule has 2 radical (unpaired) electrons. The summed E-state index contributed by atoms with van der Waals surface area (Å²) in [7, 11) is 0. The van der Waals surface area contributed by atoms with Crippen LogP contribution in [-0.2, 0) is 0 Å². The van der Waals surface area contributed by atoms with Gasteiger partial charge < -0.3 is 0 Å². The summed E-state index contributed by atoms with van der Waals surface area (Å²) in [5.74, 6) is 0.764. The predicted molar refractivity (Wildman–Crippen MR) is 44.8 cm³/mol. The number of rotatable bonds is 5. The van der Waals surface area contributed by atoms with Gasteiger partial charge in [-0.05, 0) is 12.8 Å². The summed E-state index contributed by atoms with van der Waals surface area (Å²) < 4.78 is 0. The monoisotopic (exact) mass is 180 g/mol. The molecule has 0 aliphatic carbocycles. The Bertz CT molecular complexity index is 59.0. The van der Waals surface area contributed by atoms with Crippen LogP contribution in [0.3, 0.4) is 0 Å². The van der Waals surface area contributed by atoms with E-state index in [4.69, 9.17) is 23.2 Å². The molecule has 3 heteroatoms. The Labute approximate surface area is 75.3 Å². The van der Waals surface area contributed by atoms with E-state index in [9.17, 15) is 0 Å². The summed E-state index contributed by atoms with van der Waals surface area (Å²) in [6.07, 6.45) is 3.35. The lowest BCUT2D eigenvalue weighted by Gasteiger charge is -2.03. The minimum absolute atomic E-state index is 0.332. The fourth-order valence-corrected chi connectivity index (χ4v) is 1.16. The van der Waals surface area contributed by atoms with Gasteiger partial charge in [0.1, 0.15) is 16.3 Å². The minimum Gasteiger partial charge on any atom is -0.127 e. The SMILES string of the molecule is [Al][CH2]C(Cl)CCCCCl. The van der Waals surface area contributed by atoms with Crippen LogP contribution in [0.5, 0.6) is 0 Å². The highest BCUT2D eigenvalue weighted by atomic mass is 35.5. The largest absolute Gasteiger partial charge is 0.127 e. The first-order valence-electron chi connectivity index (χ1n) is 3.21. The number of unbranched alkanes of at least 4 members (excludes halogenated alkanes) is 1. The van der Waals surface area contributed by atoms with Crippen molar-refractivity contribution in [3.8, 4) is 0 Å². The Morgan fingerprint density at radius 2 is 2.00 bits per heavy atom. The van der Waals surface area contributed by atoms with E-state index in [1.54, 1.807) is 0 Å². The van der Waals surface area contributed by atoms with Crippen molar-refractivity contribution in [3.05, 3.63) is 0 Å². The van der Waals surface area contributed by atoms with Crippen LogP contribution < -0.4 is 0 Å². The van der Waals surface area contributed by atoms with Gasteiger partial charge in [-0.15, -0.1) is 28.5 Å². The van der Waals surface area contributed by atoms with Crippen LogP contribution in [-0.4, -0.2) is 27.5 Å². The molecule has 1 atom stereocenters. The van der Waals surface area contributed by atoms with Crippen LogP contribution in [0.25, 0.3) is 0 Å². The third-order valence-electron chi connectivity index (χ3n) is 1.16. The molecule has 0 aromatic heterocycles. The summed E-state index contributed by atoms with van der Waals surface area (Å²) >= 11 is 14.0. The molecule has 0 aliphatic rings. The molecule has 0 rings (SSSR count). The van der Waals surface area contributed by atoms with E-state index in [1.165, 1.54) is 0 Å². The van der Waals surface area contributed by atoms with Crippen molar-refractivity contribution in [1.82, 2.24) is 0 Å². The highest BCUT2D eigenvalue weighted by Crippen LogP contribution is 2.10. The second-order valence-corrected chi connectivity index (χ2v) is 3.48. The second-order valence-electron chi connectivity index (χ2n) is 2.02. The first-order chi connectivity index (χ1) is 4.31. The Morgan fingerprint density at radius 3 is 2.44 bits per heavy atom. The lowest BCUT2D eigenvalue weighted by Crippen LogP contribution is -1.96. The molecule has 0 heterocycles. The maximum atomic E-state index is 5.84. The fraction of sp³-hybridized carbons (Fsp3) is 1.00. The summed E-state index contributed by atoms with van der Waals surface area (Å²) in [5.41, 5.74) is 0. The van der Waals surface area contributed by atoms with Gasteiger partial charge in [-0.2, -0.15) is 0 Å². The number of halogens is 2. The topological polar surface area (TPSA) is 0 Å². The van der Waals surface area contributed by atoms with Crippen molar-refractivity contribution in [3.63, 3.8) is 0 Å². The third kappa shape index (κ3) is 7.00. The average Bonchev–Trinajstić information content (AvgIpc) is 1.89. The van der Waals surface area contributed by atoms with E-state index in [0.29, 0.717) is 5.38 Å². The van der Waals surface area contributed by atoms with Gasteiger partial charge in [0.2, 0.25) is 0 Å². The van der Waals surface area contributed by atoms with Crippen LogP contribution in [0.1, 0.15) is 19.3 Å². The molecule has 0 N–H and O–H groups in total. The summed E-state index contributed by atoms with van der Waals surface area (Å²) in [5, 5.41) is 1.32. The molecule has 0 fully saturated rings. The second kappa shape index (κ2) is 7.22. The summed E-state index contributed by atoms with van der Waals surface area (Å²) in [6, 6.07) is 0. The molecule has 0 aliphatic heterocycles. The standard InChI is InChI=1S/C6H11Cl2.Al/c1-6(8)4-2-3-5-7;/h6H,1-5H2;. The van der Waals surface area contributed by atoms with Crippen LogP contribution in [0.15, 0.2) is 0 Å². The van der Waals surface area contributed by atoms with Crippen molar-refractivity contribution in [2.75, 3.05) is 5.88 Å². The first kappa shape index (κ1) is 10.1. The van der Waals surface area contributed by atoms with Gasteiger partial charge in [-0.1, -0.05) is 6.42 Å². The van der Waals surface area contributed by atoms with Crippen molar-refractivity contribution in [2.24, 2.45) is 0 Å². The molecular formula is C6H11AlCl2. The maximum Gasteiger partial charge on any atom is 0.120 e. The minimum atomic E-state index is 0.332. The molecule has 0 aromatic rings. The van der Waals surface area contributed by atoms with Crippen molar-refractivity contribution < 1.29 is 0 Å². The van der Waals surface area contributed by atoms with Gasteiger partial charge in [0.25, 0.3) is 0 Å². The normalized spacial score (nSPS) is 13.6. The Kier molecular flexibility index (Phi) is 8.11. The van der Waals surface area contributed by atoms with Gasteiger partial charge in [-0.3, -0.25) is 0 Å². The summed E-state index contributed by atoms with van der Waals surface area (Å²) in [6.45, 7) is 0. The molecule has 52 valence electrons. The van der Waals surface area contributed by atoms with E-state index in [1.807, 2.05) is 0 Å². The number of alkyl halides is 2. The number of hydrogen-bond donors (Lipinski definition) is 0. The molecule has 0 nitrogen and oxygen atoms in total. The zero-order valence-electron chi connectivity index (χ0n) is 5.45. The van der Waals surface area contributed by atoms with E-state index in [-0.39, 0.29) is 0 Å². The Morgan fingerprint density at radius 1 is 1.33 bits per heavy atom. The maximum absolute atomic E-state index is 5.84. The van der Waals surface area contributed by atoms with Crippen LogP contribution in [0.2, 0.25) is 5.28 Å². The zero-order valence-corrected chi connectivity index (χ0v) is 8.11. The van der Waals surface area contributed by atoms with Gasteiger partial charge in [0, 0.05) is 11.3 Å². The molecule has 0 spiro atoms. The van der Waals surface area contributed by atoms with Crippen molar-refractivity contribution in [1.29, 1.82) is 0 Å². The van der Waals surface area contributed by atoms with E-state index >= 15 is 0 Å². The quantitative estimate of drug-likeness (QED) is 0.347. The van der Waals surface area contributed by atoms with Crippen LogP contribution >= 0.6 is 23.2 Å². The van der Waals surface area contributed by atoms with Gasteiger partial charge >= 0.3 is 0 Å². The average molecular weight is 181 g/mol. The highest BCUT2D eigenvalue weighted by Gasteiger charge is 1.97. The van der Waals surface area contributed by atoms with E-state index in [0.717, 1.165) is 30.4 Å². The highest BCUT2D eigenvalue weighted by molar-refractivity contribution is 6.25. The summed E-state index contributed by atoms with van der Waals surface area (Å²) in [4.78, 5) is 0. The molecule has 9 heavy (non-hydrogen) atoms. The molecule has 0 bridgehead atoms. The molecule has 1 unspecified atom stereocenters. The lowest BCUT2D eigenvalue weighted by molar-refractivity contribution is 0.710. The molecule has 0 saturated heterocycles. The fourth-order valence-electron chi connectivity index (χ4n) is 0.578. The molecule has 0 saturated carbocycles. The van der Waals surface area contributed by atoms with Crippen LogP contribution in [0.4, 0.5) is 0 Å². The first-order valence-corrected chi connectivity index (χ1v) is 5.00. The predicted octanol–water partition coefficient (Wildman–Crippen LogP) is 2.59. The Hall–Kier alpha value is 1.11. The third-order valence-corrected chi connectivity index (χ3v) is 2.69. The lowest BCUT2D eigenvalue weighted by atomic mass is 10.2. The van der Waals surface area contributed by atoms with Gasteiger partial charge in [-0.25, -0.2) is 0 Å². The van der Waals surface area contributed by atoms with Crippen molar-refractivity contribution in [2.45, 2.75) is 29.9 Å². The molecule has 0 aromatic carbocycles.